The fraction of sp³-hybridized carbons (Fsp3) is 0.267. The quantitative estimate of drug-likeness (QED) is 0.838. The van der Waals surface area contributed by atoms with E-state index in [9.17, 15) is 4.79 Å². The van der Waals surface area contributed by atoms with Gasteiger partial charge in [-0.05, 0) is 26.0 Å². The van der Waals surface area contributed by atoms with Gasteiger partial charge in [-0.3, -0.25) is 0 Å². The number of benzene rings is 1. The molecule has 1 aromatic heterocycles. The zero-order chi connectivity index (χ0) is 13.7. The Labute approximate surface area is 112 Å². The van der Waals surface area contributed by atoms with E-state index >= 15 is 0 Å². The molecule has 0 fully saturated rings. The molecule has 0 aliphatic rings. The van der Waals surface area contributed by atoms with Crippen molar-refractivity contribution >= 4 is 5.97 Å². The van der Waals surface area contributed by atoms with Gasteiger partial charge in [0.25, 0.3) is 0 Å². The van der Waals surface area contributed by atoms with E-state index in [4.69, 9.17) is 9.47 Å². The highest BCUT2D eigenvalue weighted by Gasteiger charge is 2.17. The molecule has 0 amide bonds. The van der Waals surface area contributed by atoms with E-state index in [0.717, 1.165) is 16.9 Å². The van der Waals surface area contributed by atoms with Crippen LogP contribution in [0.3, 0.4) is 0 Å². The molecule has 1 heterocycles. The molecule has 2 rings (SSSR count). The van der Waals surface area contributed by atoms with Gasteiger partial charge in [0.15, 0.2) is 0 Å². The number of H-pyrrole nitrogens is 1. The average molecular weight is 259 g/mol. The summed E-state index contributed by atoms with van der Waals surface area (Å²) in [6, 6.07) is 9.49. The maximum atomic E-state index is 11.9. The minimum Gasteiger partial charge on any atom is -0.493 e. The number of ether oxygens (including phenoxy) is 2. The molecule has 0 aliphatic heterocycles. The lowest BCUT2D eigenvalue weighted by Crippen LogP contribution is -2.06. The fourth-order valence-corrected chi connectivity index (χ4v) is 1.94. The standard InChI is InChI=1S/C15H17NO3/c1-3-18-13-8-6-5-7-11(13)12-9-10-16-14(12)15(17)19-4-2/h5-10,16H,3-4H2,1-2H3. The van der Waals surface area contributed by atoms with Gasteiger partial charge in [-0.2, -0.15) is 0 Å². The Morgan fingerprint density at radius 2 is 1.89 bits per heavy atom. The molecule has 0 spiro atoms. The van der Waals surface area contributed by atoms with Crippen molar-refractivity contribution in [3.63, 3.8) is 0 Å². The number of rotatable bonds is 5. The predicted octanol–water partition coefficient (Wildman–Crippen LogP) is 3.26. The molecule has 0 aliphatic carbocycles. The lowest BCUT2D eigenvalue weighted by Gasteiger charge is -2.10. The van der Waals surface area contributed by atoms with Gasteiger partial charge in [0.2, 0.25) is 0 Å². The molecule has 2 aromatic rings. The maximum absolute atomic E-state index is 11.9. The Bertz CT molecular complexity index is 560. The number of hydrogen-bond donors (Lipinski definition) is 1. The summed E-state index contributed by atoms with van der Waals surface area (Å²) in [7, 11) is 0. The van der Waals surface area contributed by atoms with Crippen LogP contribution in [-0.2, 0) is 4.74 Å². The second kappa shape index (κ2) is 6.09. The van der Waals surface area contributed by atoms with Crippen molar-refractivity contribution in [1.82, 2.24) is 4.98 Å². The number of aromatic nitrogens is 1. The Morgan fingerprint density at radius 3 is 2.63 bits per heavy atom. The average Bonchev–Trinajstić information content (AvgIpc) is 2.89. The first-order valence-electron chi connectivity index (χ1n) is 6.34. The van der Waals surface area contributed by atoms with E-state index in [1.165, 1.54) is 0 Å². The van der Waals surface area contributed by atoms with Gasteiger partial charge in [-0.1, -0.05) is 18.2 Å². The van der Waals surface area contributed by atoms with Crippen LogP contribution in [0, 0.1) is 0 Å². The van der Waals surface area contributed by atoms with E-state index in [2.05, 4.69) is 4.98 Å². The zero-order valence-electron chi connectivity index (χ0n) is 11.1. The van der Waals surface area contributed by atoms with Crippen molar-refractivity contribution in [3.05, 3.63) is 42.2 Å². The van der Waals surface area contributed by atoms with Crippen LogP contribution < -0.4 is 4.74 Å². The van der Waals surface area contributed by atoms with Crippen LogP contribution in [0.5, 0.6) is 5.75 Å². The first-order chi connectivity index (χ1) is 9.27. The molecule has 0 saturated carbocycles. The highest BCUT2D eigenvalue weighted by Crippen LogP contribution is 2.32. The summed E-state index contributed by atoms with van der Waals surface area (Å²) in [6.45, 7) is 4.65. The summed E-state index contributed by atoms with van der Waals surface area (Å²) in [4.78, 5) is 14.8. The molecule has 0 radical (unpaired) electrons. The molecular formula is C15H17NO3. The number of carbonyl (C=O) groups excluding carboxylic acids is 1. The number of aromatic amines is 1. The summed E-state index contributed by atoms with van der Waals surface area (Å²) < 4.78 is 10.6. The van der Waals surface area contributed by atoms with Crippen LogP contribution >= 0.6 is 0 Å². The summed E-state index contributed by atoms with van der Waals surface area (Å²) in [5.74, 6) is 0.406. The number of carbonyl (C=O) groups is 1. The smallest absolute Gasteiger partial charge is 0.355 e. The first-order valence-corrected chi connectivity index (χ1v) is 6.34. The van der Waals surface area contributed by atoms with Crippen molar-refractivity contribution in [3.8, 4) is 16.9 Å². The molecule has 0 unspecified atom stereocenters. The van der Waals surface area contributed by atoms with E-state index in [1.807, 2.05) is 37.3 Å². The van der Waals surface area contributed by atoms with Gasteiger partial charge < -0.3 is 14.5 Å². The van der Waals surface area contributed by atoms with Gasteiger partial charge in [0.1, 0.15) is 11.4 Å². The Kier molecular flexibility index (Phi) is 4.23. The summed E-state index contributed by atoms with van der Waals surface area (Å²) in [6.07, 6.45) is 1.73. The van der Waals surface area contributed by atoms with Crippen LogP contribution in [0.25, 0.3) is 11.1 Å². The zero-order valence-corrected chi connectivity index (χ0v) is 11.1. The lowest BCUT2D eigenvalue weighted by molar-refractivity contribution is 0.0521. The third-order valence-corrected chi connectivity index (χ3v) is 2.70. The Hall–Kier alpha value is -2.23. The molecule has 19 heavy (non-hydrogen) atoms. The minimum absolute atomic E-state index is 0.352. The van der Waals surface area contributed by atoms with Gasteiger partial charge in [0, 0.05) is 17.3 Å². The van der Waals surface area contributed by atoms with E-state index in [0.29, 0.717) is 18.9 Å². The summed E-state index contributed by atoms with van der Waals surface area (Å²) >= 11 is 0. The molecular weight excluding hydrogens is 242 g/mol. The molecule has 4 heteroatoms. The highest BCUT2D eigenvalue weighted by atomic mass is 16.5. The molecule has 0 atom stereocenters. The van der Waals surface area contributed by atoms with Crippen LogP contribution in [0.4, 0.5) is 0 Å². The number of hydrogen-bond acceptors (Lipinski definition) is 3. The molecule has 1 N–H and O–H groups in total. The van der Waals surface area contributed by atoms with Gasteiger partial charge >= 0.3 is 5.97 Å². The Balaban J connectivity index is 2.42. The SMILES string of the molecule is CCOC(=O)c1[nH]ccc1-c1ccccc1OCC. The maximum Gasteiger partial charge on any atom is 0.355 e. The summed E-state index contributed by atoms with van der Waals surface area (Å²) in [5, 5.41) is 0. The molecule has 0 saturated heterocycles. The van der Waals surface area contributed by atoms with Crippen LogP contribution in [0.2, 0.25) is 0 Å². The minimum atomic E-state index is -0.353. The van der Waals surface area contributed by atoms with E-state index in [-0.39, 0.29) is 5.97 Å². The molecule has 100 valence electrons. The van der Waals surface area contributed by atoms with Gasteiger partial charge in [0.05, 0.1) is 13.2 Å². The Morgan fingerprint density at radius 1 is 1.11 bits per heavy atom. The third-order valence-electron chi connectivity index (χ3n) is 2.70. The largest absolute Gasteiger partial charge is 0.493 e. The van der Waals surface area contributed by atoms with Crippen molar-refractivity contribution in [2.45, 2.75) is 13.8 Å². The van der Waals surface area contributed by atoms with Gasteiger partial charge in [-0.25, -0.2) is 4.79 Å². The topological polar surface area (TPSA) is 51.3 Å². The first kappa shape index (κ1) is 13.2. The normalized spacial score (nSPS) is 10.2. The number of para-hydroxylation sites is 1. The summed E-state index contributed by atoms with van der Waals surface area (Å²) in [5.41, 5.74) is 2.13. The number of esters is 1. The highest BCUT2D eigenvalue weighted by molar-refractivity contribution is 5.96. The second-order valence-corrected chi connectivity index (χ2v) is 3.92. The predicted molar refractivity (Wildman–Crippen MR) is 73.4 cm³/mol. The molecule has 4 nitrogen and oxygen atoms in total. The van der Waals surface area contributed by atoms with E-state index in [1.54, 1.807) is 13.1 Å². The third kappa shape index (κ3) is 2.78. The molecule has 0 bridgehead atoms. The van der Waals surface area contributed by atoms with Crippen molar-refractivity contribution < 1.29 is 14.3 Å². The van der Waals surface area contributed by atoms with Crippen molar-refractivity contribution in [2.75, 3.05) is 13.2 Å². The number of nitrogens with one attached hydrogen (secondary N) is 1. The van der Waals surface area contributed by atoms with Crippen molar-refractivity contribution in [1.29, 1.82) is 0 Å². The van der Waals surface area contributed by atoms with Crippen molar-refractivity contribution in [2.24, 2.45) is 0 Å². The van der Waals surface area contributed by atoms with Crippen LogP contribution in [0.15, 0.2) is 36.5 Å². The fourth-order valence-electron chi connectivity index (χ4n) is 1.94. The molecule has 1 aromatic carbocycles. The lowest BCUT2D eigenvalue weighted by atomic mass is 10.0. The second-order valence-electron chi connectivity index (χ2n) is 3.92. The van der Waals surface area contributed by atoms with Crippen LogP contribution in [0.1, 0.15) is 24.3 Å². The van der Waals surface area contributed by atoms with Gasteiger partial charge in [-0.15, -0.1) is 0 Å². The van der Waals surface area contributed by atoms with Crippen LogP contribution in [-0.4, -0.2) is 24.2 Å². The van der Waals surface area contributed by atoms with E-state index < -0.39 is 0 Å². The monoisotopic (exact) mass is 259 g/mol.